The Bertz CT molecular complexity index is 553. The van der Waals surface area contributed by atoms with Crippen LogP contribution >= 0.6 is 23.1 Å². The highest BCUT2D eigenvalue weighted by atomic mass is 35.5. The van der Waals surface area contributed by atoms with Crippen molar-refractivity contribution in [2.75, 3.05) is 0 Å². The molecular formula is C13H14ClFN2OS. The van der Waals surface area contributed by atoms with Crippen LogP contribution in [0.5, 0.6) is 0 Å². The molecular weight excluding hydrogens is 287 g/mol. The maximum absolute atomic E-state index is 13.7. The molecule has 2 aromatic rings. The van der Waals surface area contributed by atoms with Crippen LogP contribution in [0.15, 0.2) is 18.2 Å². The van der Waals surface area contributed by atoms with Crippen LogP contribution in [0, 0.1) is 5.82 Å². The fourth-order valence-corrected chi connectivity index (χ4v) is 2.88. The average molecular weight is 301 g/mol. The van der Waals surface area contributed by atoms with E-state index in [1.54, 1.807) is 12.1 Å². The van der Waals surface area contributed by atoms with Gasteiger partial charge in [-0.3, -0.25) is 0 Å². The van der Waals surface area contributed by atoms with Gasteiger partial charge in [-0.25, -0.2) is 4.39 Å². The number of hydrogen-bond acceptors (Lipinski definition) is 4. The molecule has 0 saturated heterocycles. The summed E-state index contributed by atoms with van der Waals surface area (Å²) in [5.41, 5.74) is 1.07. The predicted octanol–water partition coefficient (Wildman–Crippen LogP) is 3.73. The number of rotatable bonds is 4. The number of aromatic nitrogens is 2. The molecule has 3 nitrogen and oxygen atoms in total. The van der Waals surface area contributed by atoms with Gasteiger partial charge in [-0.1, -0.05) is 36.0 Å². The molecule has 0 aliphatic heterocycles. The summed E-state index contributed by atoms with van der Waals surface area (Å²) >= 11 is 7.10. The first-order valence-corrected chi connectivity index (χ1v) is 7.09. The average Bonchev–Trinajstić information content (AvgIpc) is 2.83. The highest BCUT2D eigenvalue weighted by molar-refractivity contribution is 7.05. The Balaban J connectivity index is 2.26. The minimum atomic E-state index is -0.841. The molecule has 0 aliphatic rings. The topological polar surface area (TPSA) is 46.0 Å². The van der Waals surface area contributed by atoms with Crippen LogP contribution < -0.4 is 0 Å². The van der Waals surface area contributed by atoms with Gasteiger partial charge < -0.3 is 5.11 Å². The second-order valence-corrected chi connectivity index (χ2v) is 5.79. The maximum Gasteiger partial charge on any atom is 0.127 e. The second-order valence-electron chi connectivity index (χ2n) is 4.60. The number of halogens is 2. The molecule has 1 aromatic carbocycles. The van der Waals surface area contributed by atoms with Gasteiger partial charge in [0.15, 0.2) is 0 Å². The summed E-state index contributed by atoms with van der Waals surface area (Å²) in [5.74, 6) is -0.241. The quantitative estimate of drug-likeness (QED) is 0.936. The van der Waals surface area contributed by atoms with Crippen molar-refractivity contribution in [1.29, 1.82) is 0 Å². The lowest BCUT2D eigenvalue weighted by Gasteiger charge is -2.13. The third-order valence-electron chi connectivity index (χ3n) is 2.85. The van der Waals surface area contributed by atoms with Crippen molar-refractivity contribution in [2.24, 2.45) is 0 Å². The second kappa shape index (κ2) is 5.94. The largest absolute Gasteiger partial charge is 0.387 e. The Morgan fingerprint density at radius 2 is 2.16 bits per heavy atom. The standard InChI is InChI=1S/C13H14ClFN2OS/c1-7(2)12-13(19-17-16-12)11(18)6-8-9(14)4-3-5-10(8)15/h3-5,7,11,18H,6H2,1-2H3. The predicted molar refractivity (Wildman–Crippen MR) is 74.1 cm³/mol. The van der Waals surface area contributed by atoms with Crippen LogP contribution in [-0.4, -0.2) is 14.7 Å². The van der Waals surface area contributed by atoms with E-state index in [1.165, 1.54) is 6.07 Å². The summed E-state index contributed by atoms with van der Waals surface area (Å²) in [4.78, 5) is 0.675. The molecule has 0 spiro atoms. The summed E-state index contributed by atoms with van der Waals surface area (Å²) in [7, 11) is 0. The fraction of sp³-hybridized carbons (Fsp3) is 0.385. The number of hydrogen-bond donors (Lipinski definition) is 1. The highest BCUT2D eigenvalue weighted by Crippen LogP contribution is 2.31. The van der Waals surface area contributed by atoms with E-state index in [-0.39, 0.29) is 12.3 Å². The van der Waals surface area contributed by atoms with E-state index >= 15 is 0 Å². The van der Waals surface area contributed by atoms with E-state index in [0.717, 1.165) is 17.2 Å². The van der Waals surface area contributed by atoms with Crippen molar-refractivity contribution in [2.45, 2.75) is 32.3 Å². The van der Waals surface area contributed by atoms with Crippen LogP contribution in [0.3, 0.4) is 0 Å². The summed E-state index contributed by atoms with van der Waals surface area (Å²) in [6, 6.07) is 4.49. The van der Waals surface area contributed by atoms with Crippen molar-refractivity contribution in [3.05, 3.63) is 45.2 Å². The first-order chi connectivity index (χ1) is 9.00. The highest BCUT2D eigenvalue weighted by Gasteiger charge is 2.21. The fourth-order valence-electron chi connectivity index (χ4n) is 1.85. The molecule has 0 saturated carbocycles. The molecule has 0 aliphatic carbocycles. The van der Waals surface area contributed by atoms with Crippen LogP contribution in [0.2, 0.25) is 5.02 Å². The van der Waals surface area contributed by atoms with Crippen molar-refractivity contribution in [3.8, 4) is 0 Å². The van der Waals surface area contributed by atoms with Crippen molar-refractivity contribution in [3.63, 3.8) is 0 Å². The summed E-state index contributed by atoms with van der Waals surface area (Å²) in [6.45, 7) is 3.95. The molecule has 1 atom stereocenters. The molecule has 1 unspecified atom stereocenters. The molecule has 19 heavy (non-hydrogen) atoms. The van der Waals surface area contributed by atoms with Crippen molar-refractivity contribution < 1.29 is 9.50 Å². The van der Waals surface area contributed by atoms with E-state index in [9.17, 15) is 9.50 Å². The van der Waals surface area contributed by atoms with Gasteiger partial charge in [-0.2, -0.15) is 0 Å². The third kappa shape index (κ3) is 3.11. The number of nitrogens with zero attached hydrogens (tertiary/aromatic N) is 2. The van der Waals surface area contributed by atoms with E-state index in [2.05, 4.69) is 9.59 Å². The lowest BCUT2D eigenvalue weighted by molar-refractivity contribution is 0.179. The molecule has 102 valence electrons. The lowest BCUT2D eigenvalue weighted by Crippen LogP contribution is -2.06. The van der Waals surface area contributed by atoms with Gasteiger partial charge in [-0.15, -0.1) is 5.10 Å². The summed E-state index contributed by atoms with van der Waals surface area (Å²) in [6.07, 6.45) is -0.721. The third-order valence-corrected chi connectivity index (χ3v) is 4.04. The Kier molecular flexibility index (Phi) is 4.50. The zero-order valence-electron chi connectivity index (χ0n) is 10.6. The first-order valence-electron chi connectivity index (χ1n) is 5.93. The monoisotopic (exact) mass is 300 g/mol. The van der Waals surface area contributed by atoms with Crippen LogP contribution in [0.25, 0.3) is 0 Å². The van der Waals surface area contributed by atoms with E-state index in [4.69, 9.17) is 11.6 Å². The SMILES string of the molecule is CC(C)c1nnsc1C(O)Cc1c(F)cccc1Cl. The minimum absolute atomic E-state index is 0.120. The van der Waals surface area contributed by atoms with Gasteiger partial charge in [0.25, 0.3) is 0 Å². The Morgan fingerprint density at radius 3 is 2.79 bits per heavy atom. The Morgan fingerprint density at radius 1 is 1.42 bits per heavy atom. The molecule has 0 amide bonds. The first kappa shape index (κ1) is 14.4. The summed E-state index contributed by atoms with van der Waals surface area (Å²) < 4.78 is 17.5. The normalized spacial score (nSPS) is 12.9. The van der Waals surface area contributed by atoms with Gasteiger partial charge in [0, 0.05) is 17.0 Å². The van der Waals surface area contributed by atoms with Gasteiger partial charge in [0.05, 0.1) is 16.7 Å². The zero-order valence-corrected chi connectivity index (χ0v) is 12.2. The zero-order chi connectivity index (χ0) is 14.0. The molecule has 1 heterocycles. The van der Waals surface area contributed by atoms with Crippen molar-refractivity contribution >= 4 is 23.1 Å². The molecule has 6 heteroatoms. The minimum Gasteiger partial charge on any atom is -0.387 e. The smallest absolute Gasteiger partial charge is 0.127 e. The van der Waals surface area contributed by atoms with Gasteiger partial charge in [0.2, 0.25) is 0 Å². The van der Waals surface area contributed by atoms with Crippen molar-refractivity contribution in [1.82, 2.24) is 9.59 Å². The van der Waals surface area contributed by atoms with Crippen LogP contribution in [0.4, 0.5) is 4.39 Å². The van der Waals surface area contributed by atoms with Gasteiger partial charge in [0.1, 0.15) is 5.82 Å². The molecule has 1 aromatic heterocycles. The molecule has 0 fully saturated rings. The lowest BCUT2D eigenvalue weighted by atomic mass is 10.0. The van der Waals surface area contributed by atoms with Crippen LogP contribution in [0.1, 0.15) is 42.0 Å². The molecule has 0 bridgehead atoms. The number of aliphatic hydroxyl groups excluding tert-OH is 1. The Labute approximate surface area is 120 Å². The van der Waals surface area contributed by atoms with Gasteiger partial charge in [-0.05, 0) is 29.6 Å². The number of aliphatic hydroxyl groups is 1. The van der Waals surface area contributed by atoms with E-state index < -0.39 is 11.9 Å². The molecule has 2 rings (SSSR count). The van der Waals surface area contributed by atoms with Gasteiger partial charge >= 0.3 is 0 Å². The van der Waals surface area contributed by atoms with E-state index in [0.29, 0.717) is 15.5 Å². The van der Waals surface area contributed by atoms with E-state index in [1.807, 2.05) is 13.8 Å². The van der Waals surface area contributed by atoms with Crippen LogP contribution in [-0.2, 0) is 6.42 Å². The molecule has 1 N–H and O–H groups in total. The Hall–Kier alpha value is -1.04. The maximum atomic E-state index is 13.7. The number of benzene rings is 1. The molecule has 0 radical (unpaired) electrons. The summed E-state index contributed by atoms with van der Waals surface area (Å²) in [5, 5.41) is 14.6.